The van der Waals surface area contributed by atoms with Crippen molar-refractivity contribution >= 4 is 29.6 Å². The minimum atomic E-state index is -0.877. The summed E-state index contributed by atoms with van der Waals surface area (Å²) >= 11 is 0. The quantitative estimate of drug-likeness (QED) is 0.673. The second-order valence-electron chi connectivity index (χ2n) is 8.61. The maximum absolute atomic E-state index is 15.0. The number of nitrogens with zero attached hydrogens (tertiary/aromatic N) is 3. The summed E-state index contributed by atoms with van der Waals surface area (Å²) in [5.41, 5.74) is -0.650. The van der Waals surface area contributed by atoms with Crippen molar-refractivity contribution in [1.29, 1.82) is 0 Å². The van der Waals surface area contributed by atoms with Gasteiger partial charge in [-0.1, -0.05) is 0 Å². The van der Waals surface area contributed by atoms with Crippen molar-refractivity contribution in [1.82, 2.24) is 4.90 Å². The molecular formula is C21H24FN3O5. The molecule has 4 aliphatic rings. The third-order valence-electron chi connectivity index (χ3n) is 6.38. The van der Waals surface area contributed by atoms with Crippen molar-refractivity contribution in [2.75, 3.05) is 43.2 Å². The minimum Gasteiger partial charge on any atom is -0.475 e. The molecule has 2 heterocycles. The Morgan fingerprint density at radius 3 is 2.77 bits per heavy atom. The van der Waals surface area contributed by atoms with Crippen LogP contribution in [0.25, 0.3) is 0 Å². The predicted molar refractivity (Wildman–Crippen MR) is 105 cm³/mol. The minimum absolute atomic E-state index is 0.121. The van der Waals surface area contributed by atoms with E-state index in [1.807, 2.05) is 0 Å². The molecule has 1 aromatic rings. The topological polar surface area (TPSA) is 79.4 Å². The van der Waals surface area contributed by atoms with E-state index >= 15 is 4.39 Å². The van der Waals surface area contributed by atoms with Gasteiger partial charge in [0.1, 0.15) is 11.8 Å². The molecule has 1 unspecified atom stereocenters. The van der Waals surface area contributed by atoms with Crippen LogP contribution in [0.3, 0.4) is 0 Å². The van der Waals surface area contributed by atoms with Gasteiger partial charge in [-0.05, 0) is 31.9 Å². The van der Waals surface area contributed by atoms with E-state index < -0.39 is 23.4 Å². The van der Waals surface area contributed by atoms with Crippen LogP contribution in [-0.2, 0) is 19.1 Å². The third-order valence-corrected chi connectivity index (χ3v) is 6.38. The van der Waals surface area contributed by atoms with E-state index in [4.69, 9.17) is 9.47 Å². The van der Waals surface area contributed by atoms with Gasteiger partial charge in [-0.15, -0.1) is 0 Å². The Morgan fingerprint density at radius 1 is 1.37 bits per heavy atom. The number of ether oxygens (including phenoxy) is 2. The van der Waals surface area contributed by atoms with E-state index in [0.717, 1.165) is 17.7 Å². The first-order valence-electron chi connectivity index (χ1n) is 10.3. The summed E-state index contributed by atoms with van der Waals surface area (Å²) in [6.45, 7) is 1.70. The van der Waals surface area contributed by atoms with Crippen LogP contribution in [0.5, 0.6) is 5.75 Å². The Bertz CT molecular complexity index is 914. The molecule has 0 aromatic heterocycles. The lowest BCUT2D eigenvalue weighted by molar-refractivity contribution is -0.130. The average Bonchev–Trinajstić information content (AvgIpc) is 3.65. The molecule has 1 atom stereocenters. The maximum Gasteiger partial charge on any atom is 0.271 e. The van der Waals surface area contributed by atoms with Crippen molar-refractivity contribution in [3.63, 3.8) is 0 Å². The fourth-order valence-electron chi connectivity index (χ4n) is 4.12. The van der Waals surface area contributed by atoms with Crippen molar-refractivity contribution in [3.8, 4) is 5.75 Å². The largest absolute Gasteiger partial charge is 0.475 e. The number of hydrogen-bond acceptors (Lipinski definition) is 6. The normalized spacial score (nSPS) is 24.9. The summed E-state index contributed by atoms with van der Waals surface area (Å²) in [5, 5.41) is 0. The fraction of sp³-hybridized carbons (Fsp3) is 0.571. The number of hydrogen-bond donors (Lipinski definition) is 0. The number of morpholine rings is 1. The van der Waals surface area contributed by atoms with Gasteiger partial charge in [0.05, 0.1) is 24.6 Å². The van der Waals surface area contributed by atoms with Gasteiger partial charge in [-0.3, -0.25) is 19.3 Å². The molecule has 2 aliphatic heterocycles. The van der Waals surface area contributed by atoms with Gasteiger partial charge >= 0.3 is 0 Å². The molecule has 0 N–H and O–H groups in total. The van der Waals surface area contributed by atoms with E-state index in [1.54, 1.807) is 16.8 Å². The summed E-state index contributed by atoms with van der Waals surface area (Å²) in [4.78, 5) is 42.1. The van der Waals surface area contributed by atoms with Gasteiger partial charge in [0.25, 0.3) is 11.8 Å². The molecule has 3 fully saturated rings. The zero-order valence-electron chi connectivity index (χ0n) is 16.8. The van der Waals surface area contributed by atoms with Gasteiger partial charge in [0.15, 0.2) is 11.4 Å². The van der Waals surface area contributed by atoms with Gasteiger partial charge < -0.3 is 14.4 Å². The molecule has 160 valence electrons. The molecule has 2 saturated carbocycles. The van der Waals surface area contributed by atoms with E-state index in [9.17, 15) is 14.4 Å². The van der Waals surface area contributed by atoms with Crippen LogP contribution in [0.1, 0.15) is 25.7 Å². The van der Waals surface area contributed by atoms with Crippen LogP contribution in [0.15, 0.2) is 12.1 Å². The van der Waals surface area contributed by atoms with Crippen LogP contribution in [0.2, 0.25) is 0 Å². The smallest absolute Gasteiger partial charge is 0.271 e. The van der Waals surface area contributed by atoms with Gasteiger partial charge in [-0.25, -0.2) is 9.29 Å². The first-order valence-corrected chi connectivity index (χ1v) is 10.3. The van der Waals surface area contributed by atoms with Crippen molar-refractivity contribution < 1.29 is 28.2 Å². The number of amides is 3. The van der Waals surface area contributed by atoms with Gasteiger partial charge in [0.2, 0.25) is 6.41 Å². The standard InChI is InChI=1S/C21H24FN3O5/c1-23-6-7-29-11-17(23)19(27)25(12-26)15-9-16-18(8-14(15)22)30-21(4-5-21)20(28)24(16)10-13-2-3-13/h8-9,12-13,17H,2-7,10-11H2,1H3. The number of carbonyl (C=O) groups excluding carboxylic acids is 3. The lowest BCUT2D eigenvalue weighted by Gasteiger charge is -2.36. The molecule has 1 aromatic carbocycles. The van der Waals surface area contributed by atoms with Crippen LogP contribution >= 0.6 is 0 Å². The lowest BCUT2D eigenvalue weighted by atomic mass is 10.1. The molecule has 5 rings (SSSR count). The van der Waals surface area contributed by atoms with Gasteiger partial charge in [-0.2, -0.15) is 0 Å². The monoisotopic (exact) mass is 417 g/mol. The summed E-state index contributed by atoms with van der Waals surface area (Å²) in [6, 6.07) is 1.88. The van der Waals surface area contributed by atoms with E-state index in [-0.39, 0.29) is 24.0 Å². The average molecular weight is 417 g/mol. The SMILES string of the molecule is CN1CCOCC1C(=O)N(C=O)c1cc2c(cc1F)OC1(CC1)C(=O)N2CC1CC1. The van der Waals surface area contributed by atoms with E-state index in [0.29, 0.717) is 50.6 Å². The van der Waals surface area contributed by atoms with E-state index in [1.165, 1.54) is 12.1 Å². The Hall–Kier alpha value is -2.52. The first-order chi connectivity index (χ1) is 14.4. The second-order valence-corrected chi connectivity index (χ2v) is 8.61. The summed E-state index contributed by atoms with van der Waals surface area (Å²) in [7, 11) is 1.76. The second kappa shape index (κ2) is 7.02. The Labute approximate surface area is 173 Å². The van der Waals surface area contributed by atoms with Crippen LogP contribution < -0.4 is 14.5 Å². The van der Waals surface area contributed by atoms with Gasteiger partial charge in [0, 0.05) is 32.0 Å². The Kier molecular flexibility index (Phi) is 4.55. The first kappa shape index (κ1) is 19.4. The number of anilines is 2. The molecule has 0 radical (unpaired) electrons. The van der Waals surface area contributed by atoms with Crippen LogP contribution in [0, 0.1) is 11.7 Å². The highest BCUT2D eigenvalue weighted by atomic mass is 19.1. The summed E-state index contributed by atoms with van der Waals surface area (Å²) < 4.78 is 26.3. The number of halogens is 1. The molecule has 8 nitrogen and oxygen atoms in total. The number of fused-ring (bicyclic) bond motifs is 1. The zero-order valence-corrected chi connectivity index (χ0v) is 16.8. The molecule has 1 spiro atoms. The molecule has 9 heteroatoms. The lowest BCUT2D eigenvalue weighted by Crippen LogP contribution is -2.53. The highest BCUT2D eigenvalue weighted by molar-refractivity contribution is 6.11. The van der Waals surface area contributed by atoms with Crippen LogP contribution in [0.4, 0.5) is 15.8 Å². The Morgan fingerprint density at radius 2 is 2.13 bits per heavy atom. The molecule has 1 saturated heterocycles. The van der Waals surface area contributed by atoms with Crippen molar-refractivity contribution in [3.05, 3.63) is 17.9 Å². The maximum atomic E-state index is 15.0. The molecular weight excluding hydrogens is 393 g/mol. The summed E-state index contributed by atoms with van der Waals surface area (Å²) in [6.07, 6.45) is 3.64. The summed E-state index contributed by atoms with van der Waals surface area (Å²) in [5.74, 6) is -0.734. The van der Waals surface area contributed by atoms with Crippen molar-refractivity contribution in [2.24, 2.45) is 5.92 Å². The Balaban J connectivity index is 1.51. The fourth-order valence-corrected chi connectivity index (χ4v) is 4.12. The zero-order chi connectivity index (χ0) is 21.0. The molecule has 2 aliphatic carbocycles. The molecule has 30 heavy (non-hydrogen) atoms. The highest BCUT2D eigenvalue weighted by Gasteiger charge is 2.58. The number of carbonyl (C=O) groups is 3. The third kappa shape index (κ3) is 3.16. The number of likely N-dealkylation sites (N-methyl/N-ethyl adjacent to an activating group) is 1. The predicted octanol–water partition coefficient (Wildman–Crippen LogP) is 1.31. The van der Waals surface area contributed by atoms with E-state index in [2.05, 4.69) is 0 Å². The number of benzene rings is 1. The van der Waals surface area contributed by atoms with Crippen LogP contribution in [-0.4, -0.2) is 68.1 Å². The number of rotatable bonds is 5. The molecule has 3 amide bonds. The molecule has 0 bridgehead atoms. The highest BCUT2D eigenvalue weighted by Crippen LogP contribution is 2.51. The number of imide groups is 1. The van der Waals surface area contributed by atoms with Crippen molar-refractivity contribution in [2.45, 2.75) is 37.3 Å².